The smallest absolute Gasteiger partial charge is 0.172 e. The van der Waals surface area contributed by atoms with Crippen LogP contribution in [0.5, 0.6) is 5.75 Å². The zero-order valence-electron chi connectivity index (χ0n) is 9.30. The van der Waals surface area contributed by atoms with E-state index in [4.69, 9.17) is 10.5 Å². The SMILES string of the molecule is CCC[C@@H](N)c1c(F)ccc(OC)c1F.Cl. The van der Waals surface area contributed by atoms with Crippen LogP contribution in [0.4, 0.5) is 8.78 Å². The van der Waals surface area contributed by atoms with Crippen molar-refractivity contribution in [2.45, 2.75) is 25.8 Å². The van der Waals surface area contributed by atoms with Crippen molar-refractivity contribution in [3.8, 4) is 5.75 Å². The molecule has 1 atom stereocenters. The van der Waals surface area contributed by atoms with E-state index >= 15 is 0 Å². The predicted molar refractivity (Wildman–Crippen MR) is 62.0 cm³/mol. The molecule has 0 aliphatic carbocycles. The maximum atomic E-state index is 13.7. The van der Waals surface area contributed by atoms with E-state index in [2.05, 4.69) is 0 Å². The molecule has 0 saturated carbocycles. The zero-order chi connectivity index (χ0) is 11.4. The molecule has 1 rings (SSSR count). The lowest BCUT2D eigenvalue weighted by molar-refractivity contribution is 0.376. The van der Waals surface area contributed by atoms with Crippen molar-refractivity contribution in [3.63, 3.8) is 0 Å². The topological polar surface area (TPSA) is 35.2 Å². The quantitative estimate of drug-likeness (QED) is 0.892. The monoisotopic (exact) mass is 251 g/mol. The van der Waals surface area contributed by atoms with Crippen LogP contribution in [0.3, 0.4) is 0 Å². The third-order valence-electron chi connectivity index (χ3n) is 2.28. The van der Waals surface area contributed by atoms with Crippen molar-refractivity contribution >= 4 is 12.4 Å². The van der Waals surface area contributed by atoms with Gasteiger partial charge in [-0.15, -0.1) is 12.4 Å². The van der Waals surface area contributed by atoms with Gasteiger partial charge in [-0.3, -0.25) is 0 Å². The first-order chi connectivity index (χ1) is 7.11. The first-order valence-corrected chi connectivity index (χ1v) is 4.89. The third-order valence-corrected chi connectivity index (χ3v) is 2.28. The van der Waals surface area contributed by atoms with Gasteiger partial charge in [0.15, 0.2) is 11.6 Å². The fraction of sp³-hybridized carbons (Fsp3) is 0.455. The summed E-state index contributed by atoms with van der Waals surface area (Å²) < 4.78 is 31.8. The Kier molecular flexibility index (Phi) is 6.29. The molecule has 0 unspecified atom stereocenters. The molecule has 0 aromatic heterocycles. The molecule has 92 valence electrons. The minimum absolute atomic E-state index is 0. The van der Waals surface area contributed by atoms with E-state index in [1.54, 1.807) is 0 Å². The molecule has 0 saturated heterocycles. The van der Waals surface area contributed by atoms with E-state index < -0.39 is 17.7 Å². The Morgan fingerprint density at radius 3 is 2.50 bits per heavy atom. The van der Waals surface area contributed by atoms with Crippen molar-refractivity contribution in [1.29, 1.82) is 0 Å². The average molecular weight is 252 g/mol. The Bertz CT molecular complexity index is 347. The maximum absolute atomic E-state index is 13.7. The summed E-state index contributed by atoms with van der Waals surface area (Å²) in [5.41, 5.74) is 5.61. The van der Waals surface area contributed by atoms with Gasteiger partial charge in [0.2, 0.25) is 0 Å². The lowest BCUT2D eigenvalue weighted by Crippen LogP contribution is -2.14. The molecule has 1 aromatic carbocycles. The number of hydrogen-bond donors (Lipinski definition) is 1. The van der Waals surface area contributed by atoms with Gasteiger partial charge in [-0.25, -0.2) is 8.78 Å². The fourth-order valence-electron chi connectivity index (χ4n) is 1.50. The lowest BCUT2D eigenvalue weighted by atomic mass is 10.0. The largest absolute Gasteiger partial charge is 0.494 e. The Morgan fingerprint density at radius 1 is 1.38 bits per heavy atom. The van der Waals surface area contributed by atoms with Crippen molar-refractivity contribution in [3.05, 3.63) is 29.3 Å². The Morgan fingerprint density at radius 2 is 2.00 bits per heavy atom. The summed E-state index contributed by atoms with van der Waals surface area (Å²) in [4.78, 5) is 0. The average Bonchev–Trinajstić information content (AvgIpc) is 2.18. The van der Waals surface area contributed by atoms with Gasteiger partial charge in [-0.05, 0) is 18.6 Å². The number of halogens is 3. The molecule has 0 bridgehead atoms. The molecule has 1 aromatic rings. The maximum Gasteiger partial charge on any atom is 0.172 e. The van der Waals surface area contributed by atoms with E-state index in [1.807, 2.05) is 6.92 Å². The normalized spacial score (nSPS) is 11.8. The van der Waals surface area contributed by atoms with Gasteiger partial charge in [0, 0.05) is 11.6 Å². The van der Waals surface area contributed by atoms with Gasteiger partial charge in [0.05, 0.1) is 7.11 Å². The number of benzene rings is 1. The van der Waals surface area contributed by atoms with Crippen LogP contribution < -0.4 is 10.5 Å². The molecule has 0 amide bonds. The predicted octanol–water partition coefficient (Wildman–Crippen LogP) is 3.20. The number of hydrogen-bond acceptors (Lipinski definition) is 2. The van der Waals surface area contributed by atoms with Crippen molar-refractivity contribution < 1.29 is 13.5 Å². The van der Waals surface area contributed by atoms with Crippen LogP contribution in [0.25, 0.3) is 0 Å². The second-order valence-electron chi connectivity index (χ2n) is 3.37. The summed E-state index contributed by atoms with van der Waals surface area (Å²) in [7, 11) is 1.34. The molecular formula is C11H16ClF2NO. The number of nitrogens with two attached hydrogens (primary N) is 1. The Labute approximate surface area is 100 Å². The van der Waals surface area contributed by atoms with Gasteiger partial charge < -0.3 is 10.5 Å². The highest BCUT2D eigenvalue weighted by molar-refractivity contribution is 5.85. The van der Waals surface area contributed by atoms with E-state index in [9.17, 15) is 8.78 Å². The van der Waals surface area contributed by atoms with Gasteiger partial charge in [-0.2, -0.15) is 0 Å². The summed E-state index contributed by atoms with van der Waals surface area (Å²) >= 11 is 0. The van der Waals surface area contributed by atoms with E-state index in [0.717, 1.165) is 6.42 Å². The van der Waals surface area contributed by atoms with Gasteiger partial charge in [0.1, 0.15) is 5.82 Å². The van der Waals surface area contributed by atoms with Crippen LogP contribution in [0.2, 0.25) is 0 Å². The molecule has 0 heterocycles. The van der Waals surface area contributed by atoms with Crippen LogP contribution in [0, 0.1) is 11.6 Å². The first-order valence-electron chi connectivity index (χ1n) is 4.89. The molecular weight excluding hydrogens is 236 g/mol. The Balaban J connectivity index is 0.00000225. The molecule has 2 nitrogen and oxygen atoms in total. The summed E-state index contributed by atoms with van der Waals surface area (Å²) in [6.45, 7) is 1.91. The van der Waals surface area contributed by atoms with Crippen LogP contribution >= 0.6 is 12.4 Å². The molecule has 2 N–H and O–H groups in total. The van der Waals surface area contributed by atoms with Crippen molar-refractivity contribution in [2.24, 2.45) is 5.73 Å². The molecule has 0 fully saturated rings. The summed E-state index contributed by atoms with van der Waals surface area (Å²) in [5, 5.41) is 0. The van der Waals surface area contributed by atoms with E-state index in [1.165, 1.54) is 19.2 Å². The zero-order valence-corrected chi connectivity index (χ0v) is 10.1. The van der Waals surface area contributed by atoms with Crippen LogP contribution in [0.1, 0.15) is 31.4 Å². The minimum atomic E-state index is -0.696. The van der Waals surface area contributed by atoms with Gasteiger partial charge in [-0.1, -0.05) is 13.3 Å². The highest BCUT2D eigenvalue weighted by Gasteiger charge is 2.19. The van der Waals surface area contributed by atoms with E-state index in [-0.39, 0.29) is 23.7 Å². The Hall–Kier alpha value is -0.870. The molecule has 0 radical (unpaired) electrons. The summed E-state index contributed by atoms with van der Waals surface area (Å²) in [6, 6.07) is 1.81. The van der Waals surface area contributed by atoms with E-state index in [0.29, 0.717) is 6.42 Å². The van der Waals surface area contributed by atoms with Gasteiger partial charge in [0.25, 0.3) is 0 Å². The second-order valence-corrected chi connectivity index (χ2v) is 3.37. The van der Waals surface area contributed by atoms with Crippen molar-refractivity contribution in [2.75, 3.05) is 7.11 Å². The summed E-state index contributed by atoms with van der Waals surface area (Å²) in [5.74, 6) is -1.29. The van der Waals surface area contributed by atoms with Crippen LogP contribution in [-0.2, 0) is 0 Å². The highest BCUT2D eigenvalue weighted by atomic mass is 35.5. The molecule has 0 aliphatic heterocycles. The van der Waals surface area contributed by atoms with Crippen LogP contribution in [-0.4, -0.2) is 7.11 Å². The van der Waals surface area contributed by atoms with Crippen LogP contribution in [0.15, 0.2) is 12.1 Å². The van der Waals surface area contributed by atoms with Crippen molar-refractivity contribution in [1.82, 2.24) is 0 Å². The number of methoxy groups -OCH3 is 1. The molecule has 16 heavy (non-hydrogen) atoms. The molecule has 5 heteroatoms. The second kappa shape index (κ2) is 6.66. The van der Waals surface area contributed by atoms with Gasteiger partial charge >= 0.3 is 0 Å². The lowest BCUT2D eigenvalue weighted by Gasteiger charge is -2.14. The first kappa shape index (κ1) is 15.1. The number of rotatable bonds is 4. The summed E-state index contributed by atoms with van der Waals surface area (Å²) in [6.07, 6.45) is 1.32. The standard InChI is InChI=1S/C11H15F2NO.ClH/c1-3-4-8(14)10-7(12)5-6-9(15-2)11(10)13;/h5-6,8H,3-4,14H2,1-2H3;1H/t8-;/m1./s1. The number of ether oxygens (including phenoxy) is 1. The highest BCUT2D eigenvalue weighted by Crippen LogP contribution is 2.28. The fourth-order valence-corrected chi connectivity index (χ4v) is 1.50. The molecule has 0 spiro atoms. The third kappa shape index (κ3) is 3.06. The minimum Gasteiger partial charge on any atom is -0.494 e. The molecule has 0 aliphatic rings.